The molecule has 1 aliphatic heterocycles. The van der Waals surface area contributed by atoms with Crippen LogP contribution in [0.15, 0.2) is 29.3 Å². The average molecular weight is 458 g/mol. The van der Waals surface area contributed by atoms with Crippen LogP contribution in [0.2, 0.25) is 5.02 Å². The summed E-state index contributed by atoms with van der Waals surface area (Å²) in [5.74, 6) is 0.802. The molecule has 3 aromatic heterocycles. The van der Waals surface area contributed by atoms with Gasteiger partial charge < -0.3 is 25.3 Å². The number of anilines is 3. The number of fused-ring (bicyclic) bond motifs is 1. The lowest BCUT2D eigenvalue weighted by atomic mass is 10.1. The molecule has 2 fully saturated rings. The van der Waals surface area contributed by atoms with Crippen LogP contribution in [0.25, 0.3) is 5.65 Å². The van der Waals surface area contributed by atoms with Crippen molar-refractivity contribution in [1.29, 1.82) is 0 Å². The number of halogens is 1. The lowest BCUT2D eigenvalue weighted by molar-refractivity contribution is 0.0581. The molecule has 1 saturated heterocycles. The van der Waals surface area contributed by atoms with Crippen molar-refractivity contribution in [3.05, 3.63) is 45.5 Å². The second kappa shape index (κ2) is 8.44. The summed E-state index contributed by atoms with van der Waals surface area (Å²) in [7, 11) is 1.75. The first-order valence-corrected chi connectivity index (χ1v) is 11.0. The van der Waals surface area contributed by atoms with E-state index in [1.165, 1.54) is 6.20 Å². The van der Waals surface area contributed by atoms with E-state index in [4.69, 9.17) is 16.3 Å². The van der Waals surface area contributed by atoms with Crippen molar-refractivity contribution in [3.8, 4) is 0 Å². The maximum absolute atomic E-state index is 13.2. The van der Waals surface area contributed by atoms with Gasteiger partial charge in [0.15, 0.2) is 5.65 Å². The minimum absolute atomic E-state index is 0.0636. The lowest BCUT2D eigenvalue weighted by Gasteiger charge is -2.25. The van der Waals surface area contributed by atoms with Gasteiger partial charge in [0.1, 0.15) is 22.9 Å². The van der Waals surface area contributed by atoms with E-state index in [0.29, 0.717) is 46.8 Å². The minimum atomic E-state index is -0.211. The number of hydrogen-bond donors (Lipinski definition) is 3. The van der Waals surface area contributed by atoms with E-state index in [1.807, 2.05) is 0 Å². The van der Waals surface area contributed by atoms with Gasteiger partial charge in [-0.05, 0) is 31.7 Å². The molecular formula is C21H24ClN7O3. The Morgan fingerprint density at radius 3 is 2.84 bits per heavy atom. The predicted molar refractivity (Wildman–Crippen MR) is 121 cm³/mol. The first-order chi connectivity index (χ1) is 15.5. The molecular weight excluding hydrogens is 434 g/mol. The maximum atomic E-state index is 13.2. The van der Waals surface area contributed by atoms with Gasteiger partial charge >= 0.3 is 0 Å². The highest BCUT2D eigenvalue weighted by atomic mass is 35.5. The molecule has 0 bridgehead atoms. The highest BCUT2D eigenvalue weighted by Crippen LogP contribution is 2.25. The molecule has 1 amide bonds. The Bertz CT molecular complexity index is 1230. The molecule has 3 aromatic rings. The van der Waals surface area contributed by atoms with Gasteiger partial charge in [-0.25, -0.2) is 4.98 Å². The molecule has 4 heterocycles. The van der Waals surface area contributed by atoms with Crippen molar-refractivity contribution in [2.24, 2.45) is 0 Å². The third-order valence-corrected chi connectivity index (χ3v) is 5.89. The summed E-state index contributed by atoms with van der Waals surface area (Å²) in [5, 5.41) is 13.8. The molecule has 168 valence electrons. The van der Waals surface area contributed by atoms with Crippen molar-refractivity contribution in [1.82, 2.24) is 24.5 Å². The number of ether oxygens (including phenoxy) is 1. The van der Waals surface area contributed by atoms with E-state index >= 15 is 0 Å². The van der Waals surface area contributed by atoms with Gasteiger partial charge in [0.25, 0.3) is 11.5 Å². The second-order valence-corrected chi connectivity index (χ2v) is 8.53. The van der Waals surface area contributed by atoms with Gasteiger partial charge in [-0.1, -0.05) is 11.6 Å². The SMILES string of the molecule is CNc1cc(Nc2cc(Cl)cn([C@H]3CCCOC3)c2=O)nc2c(C(=O)NC3CC3)cnn12. The zero-order chi connectivity index (χ0) is 22.2. The molecule has 10 nitrogen and oxygen atoms in total. The Kier molecular flexibility index (Phi) is 5.48. The highest BCUT2D eigenvalue weighted by Gasteiger charge is 2.26. The molecule has 32 heavy (non-hydrogen) atoms. The summed E-state index contributed by atoms with van der Waals surface area (Å²) in [6.07, 6.45) is 6.85. The molecule has 2 aliphatic rings. The third kappa shape index (κ3) is 4.03. The van der Waals surface area contributed by atoms with Crippen LogP contribution in [0.3, 0.4) is 0 Å². The quantitative estimate of drug-likeness (QED) is 0.521. The summed E-state index contributed by atoms with van der Waals surface area (Å²) < 4.78 is 8.71. The zero-order valence-electron chi connectivity index (χ0n) is 17.6. The topological polar surface area (TPSA) is 115 Å². The lowest BCUT2D eigenvalue weighted by Crippen LogP contribution is -2.31. The second-order valence-electron chi connectivity index (χ2n) is 8.10. The van der Waals surface area contributed by atoms with E-state index in [9.17, 15) is 9.59 Å². The molecule has 0 aromatic carbocycles. The van der Waals surface area contributed by atoms with E-state index in [-0.39, 0.29) is 23.6 Å². The third-order valence-electron chi connectivity index (χ3n) is 5.69. The fourth-order valence-corrected chi connectivity index (χ4v) is 4.08. The van der Waals surface area contributed by atoms with Crippen molar-refractivity contribution in [3.63, 3.8) is 0 Å². The number of pyridine rings is 1. The van der Waals surface area contributed by atoms with E-state index < -0.39 is 0 Å². The van der Waals surface area contributed by atoms with Crippen molar-refractivity contribution >= 4 is 40.5 Å². The first-order valence-electron chi connectivity index (χ1n) is 10.7. The summed E-state index contributed by atoms with van der Waals surface area (Å²) >= 11 is 6.32. The molecule has 1 atom stereocenters. The Labute approximate surface area is 188 Å². The number of hydrogen-bond acceptors (Lipinski definition) is 7. The van der Waals surface area contributed by atoms with Crippen LogP contribution in [0, 0.1) is 0 Å². The molecule has 1 aliphatic carbocycles. The normalized spacial score (nSPS) is 18.5. The summed E-state index contributed by atoms with van der Waals surface area (Å²) in [5.41, 5.74) is 0.851. The van der Waals surface area contributed by atoms with Crippen molar-refractivity contribution < 1.29 is 9.53 Å². The summed E-state index contributed by atoms with van der Waals surface area (Å²) in [6.45, 7) is 1.18. The van der Waals surface area contributed by atoms with Crippen molar-refractivity contribution in [2.75, 3.05) is 30.9 Å². The largest absolute Gasteiger partial charge is 0.379 e. The van der Waals surface area contributed by atoms with Gasteiger partial charge in [0, 0.05) is 32.0 Å². The van der Waals surface area contributed by atoms with Crippen LogP contribution in [-0.4, -0.2) is 51.4 Å². The molecule has 0 radical (unpaired) electrons. The minimum Gasteiger partial charge on any atom is -0.379 e. The van der Waals surface area contributed by atoms with Gasteiger partial charge in [0.05, 0.1) is 23.9 Å². The molecule has 0 spiro atoms. The van der Waals surface area contributed by atoms with Gasteiger partial charge in [-0.2, -0.15) is 9.61 Å². The summed E-state index contributed by atoms with van der Waals surface area (Å²) in [6, 6.07) is 3.45. The molecule has 1 saturated carbocycles. The van der Waals surface area contributed by atoms with Crippen LogP contribution in [0.5, 0.6) is 0 Å². The molecule has 0 unspecified atom stereocenters. The first kappa shape index (κ1) is 20.8. The monoisotopic (exact) mass is 457 g/mol. The number of carbonyl (C=O) groups is 1. The van der Waals surface area contributed by atoms with Gasteiger partial charge in [-0.3, -0.25) is 9.59 Å². The van der Waals surface area contributed by atoms with Crippen LogP contribution >= 0.6 is 11.6 Å². The number of aromatic nitrogens is 4. The van der Waals surface area contributed by atoms with Crippen LogP contribution in [0.4, 0.5) is 17.3 Å². The number of nitrogens with one attached hydrogen (secondary N) is 3. The molecule has 5 rings (SSSR count). The summed E-state index contributed by atoms with van der Waals surface area (Å²) in [4.78, 5) is 30.4. The fourth-order valence-electron chi connectivity index (χ4n) is 3.87. The van der Waals surface area contributed by atoms with Gasteiger partial charge in [-0.15, -0.1) is 0 Å². The Morgan fingerprint density at radius 2 is 2.12 bits per heavy atom. The molecule has 3 N–H and O–H groups in total. The fraction of sp³-hybridized carbons (Fsp3) is 0.429. The van der Waals surface area contributed by atoms with Crippen LogP contribution in [-0.2, 0) is 4.74 Å². The predicted octanol–water partition coefficient (Wildman–Crippen LogP) is 2.57. The van der Waals surface area contributed by atoms with E-state index in [2.05, 4.69) is 26.0 Å². The zero-order valence-corrected chi connectivity index (χ0v) is 18.4. The maximum Gasteiger partial charge on any atom is 0.274 e. The smallest absolute Gasteiger partial charge is 0.274 e. The Morgan fingerprint density at radius 1 is 1.28 bits per heavy atom. The van der Waals surface area contributed by atoms with E-state index in [0.717, 1.165) is 25.7 Å². The standard InChI is InChI=1S/C21H24ClN7O3/c1-23-18-8-17(27-19-15(9-24-29(18)19)20(30)25-13-4-5-13)26-16-7-12(22)10-28(21(16)31)14-3-2-6-32-11-14/h7-10,13-14,23H,2-6,11H2,1H3,(H,25,30)(H,26,27)/t14-/m0/s1. The number of amides is 1. The number of rotatable bonds is 6. The van der Waals surface area contributed by atoms with Crippen LogP contribution < -0.4 is 21.5 Å². The van der Waals surface area contributed by atoms with Crippen LogP contribution in [0.1, 0.15) is 42.1 Å². The number of nitrogens with zero attached hydrogens (tertiary/aromatic N) is 4. The van der Waals surface area contributed by atoms with Gasteiger partial charge in [0.2, 0.25) is 0 Å². The van der Waals surface area contributed by atoms with Crippen molar-refractivity contribution in [2.45, 2.75) is 37.8 Å². The Hall–Kier alpha value is -3.11. The van der Waals surface area contributed by atoms with E-state index in [1.54, 1.807) is 34.5 Å². The highest BCUT2D eigenvalue weighted by molar-refractivity contribution is 6.30. The molecule has 11 heteroatoms. The Balaban J connectivity index is 1.51. The number of carbonyl (C=O) groups excluding carboxylic acids is 1. The average Bonchev–Trinajstić information content (AvgIpc) is 3.51.